The fourth-order valence-electron chi connectivity index (χ4n) is 3.47. The summed E-state index contributed by atoms with van der Waals surface area (Å²) >= 11 is 0. The van der Waals surface area contributed by atoms with Gasteiger partial charge in [0.15, 0.2) is 0 Å². The van der Waals surface area contributed by atoms with Gasteiger partial charge in [-0.2, -0.15) is 0 Å². The molecule has 0 aliphatic carbocycles. The molecule has 2 aromatic carbocycles. The molecule has 1 saturated heterocycles. The lowest BCUT2D eigenvalue weighted by Crippen LogP contribution is -2.45. The number of benzene rings is 2. The third-order valence-corrected chi connectivity index (χ3v) is 4.67. The zero-order chi connectivity index (χ0) is 15.4. The van der Waals surface area contributed by atoms with Crippen LogP contribution in [-0.2, 0) is 13.0 Å². The highest BCUT2D eigenvalue weighted by Crippen LogP contribution is 2.27. The largest absolute Gasteiger partial charge is 0.327 e. The predicted octanol–water partition coefficient (Wildman–Crippen LogP) is 3.57. The Morgan fingerprint density at radius 3 is 2.36 bits per heavy atom. The summed E-state index contributed by atoms with van der Waals surface area (Å²) in [5.41, 5.74) is 10.5. The van der Waals surface area contributed by atoms with E-state index in [1.165, 1.54) is 16.7 Å². The van der Waals surface area contributed by atoms with Crippen molar-refractivity contribution < 1.29 is 0 Å². The van der Waals surface area contributed by atoms with Crippen molar-refractivity contribution in [2.75, 3.05) is 13.1 Å². The van der Waals surface area contributed by atoms with Crippen LogP contribution in [0.5, 0.6) is 0 Å². The Morgan fingerprint density at radius 1 is 0.955 bits per heavy atom. The Balaban J connectivity index is 1.70. The van der Waals surface area contributed by atoms with Crippen molar-refractivity contribution in [3.8, 4) is 0 Å². The van der Waals surface area contributed by atoms with Crippen molar-refractivity contribution in [2.45, 2.75) is 38.3 Å². The lowest BCUT2D eigenvalue weighted by Gasteiger charge is -2.36. The Labute approximate surface area is 134 Å². The molecule has 0 bridgehead atoms. The van der Waals surface area contributed by atoms with Crippen LogP contribution in [0, 0.1) is 0 Å². The van der Waals surface area contributed by atoms with Crippen LogP contribution < -0.4 is 5.73 Å². The molecule has 2 N–H and O–H groups in total. The second kappa shape index (κ2) is 7.08. The first-order valence-corrected chi connectivity index (χ1v) is 8.35. The summed E-state index contributed by atoms with van der Waals surface area (Å²) in [7, 11) is 0. The summed E-state index contributed by atoms with van der Waals surface area (Å²) in [5, 5.41) is 0. The van der Waals surface area contributed by atoms with Crippen LogP contribution in [0.1, 0.15) is 36.0 Å². The van der Waals surface area contributed by atoms with Crippen LogP contribution in [0.15, 0.2) is 54.6 Å². The van der Waals surface area contributed by atoms with E-state index >= 15 is 0 Å². The zero-order valence-electron chi connectivity index (χ0n) is 13.4. The average Bonchev–Trinajstić information content (AvgIpc) is 2.55. The normalized spacial score (nSPS) is 22.6. The fraction of sp³-hybridized carbons (Fsp3) is 0.400. The number of hydrogen-bond acceptors (Lipinski definition) is 2. The third kappa shape index (κ3) is 3.76. The van der Waals surface area contributed by atoms with E-state index in [2.05, 4.69) is 66.4 Å². The molecule has 0 amide bonds. The van der Waals surface area contributed by atoms with Gasteiger partial charge >= 0.3 is 0 Å². The SMILES string of the molecule is CCc1ccc(C2CC(N)CN(Cc3ccccc3)C2)cc1. The van der Waals surface area contributed by atoms with Crippen molar-refractivity contribution in [1.29, 1.82) is 0 Å². The smallest absolute Gasteiger partial charge is 0.0234 e. The highest BCUT2D eigenvalue weighted by atomic mass is 15.1. The van der Waals surface area contributed by atoms with E-state index in [9.17, 15) is 0 Å². The van der Waals surface area contributed by atoms with Crippen LogP contribution in [-0.4, -0.2) is 24.0 Å². The minimum atomic E-state index is 0.272. The summed E-state index contributed by atoms with van der Waals surface area (Å²) in [5.74, 6) is 0.554. The van der Waals surface area contributed by atoms with Gasteiger partial charge in [0.1, 0.15) is 0 Å². The quantitative estimate of drug-likeness (QED) is 0.934. The summed E-state index contributed by atoms with van der Waals surface area (Å²) in [4.78, 5) is 2.50. The Hall–Kier alpha value is -1.64. The molecule has 2 unspecified atom stereocenters. The van der Waals surface area contributed by atoms with Crippen molar-refractivity contribution in [3.63, 3.8) is 0 Å². The minimum absolute atomic E-state index is 0.272. The molecule has 2 aromatic rings. The molecule has 2 nitrogen and oxygen atoms in total. The molecule has 116 valence electrons. The molecule has 2 atom stereocenters. The number of piperidine rings is 1. The van der Waals surface area contributed by atoms with Gasteiger partial charge in [0.25, 0.3) is 0 Å². The van der Waals surface area contributed by atoms with Crippen LogP contribution >= 0.6 is 0 Å². The van der Waals surface area contributed by atoms with Gasteiger partial charge in [-0.1, -0.05) is 61.5 Å². The van der Waals surface area contributed by atoms with E-state index in [1.807, 2.05) is 0 Å². The topological polar surface area (TPSA) is 29.3 Å². The molecule has 0 spiro atoms. The molecule has 3 rings (SSSR count). The highest BCUT2D eigenvalue weighted by molar-refractivity contribution is 5.26. The minimum Gasteiger partial charge on any atom is -0.327 e. The maximum atomic E-state index is 6.32. The summed E-state index contributed by atoms with van der Waals surface area (Å²) in [6, 6.07) is 20.1. The molecule has 0 saturated carbocycles. The number of nitrogens with two attached hydrogens (primary N) is 1. The van der Waals surface area contributed by atoms with E-state index in [0.717, 1.165) is 32.5 Å². The first-order valence-electron chi connectivity index (χ1n) is 8.35. The molecule has 1 aliphatic rings. The van der Waals surface area contributed by atoms with E-state index in [4.69, 9.17) is 5.73 Å². The maximum Gasteiger partial charge on any atom is 0.0234 e. The van der Waals surface area contributed by atoms with Crippen molar-refractivity contribution >= 4 is 0 Å². The van der Waals surface area contributed by atoms with Gasteiger partial charge in [-0.05, 0) is 35.4 Å². The molecule has 2 heteroatoms. The summed E-state index contributed by atoms with van der Waals surface area (Å²) in [6.07, 6.45) is 2.20. The van der Waals surface area contributed by atoms with Crippen LogP contribution in [0.4, 0.5) is 0 Å². The highest BCUT2D eigenvalue weighted by Gasteiger charge is 2.26. The maximum absolute atomic E-state index is 6.32. The molecular weight excluding hydrogens is 268 g/mol. The van der Waals surface area contributed by atoms with Crippen LogP contribution in [0.25, 0.3) is 0 Å². The lowest BCUT2D eigenvalue weighted by molar-refractivity contribution is 0.181. The predicted molar refractivity (Wildman–Crippen MR) is 92.9 cm³/mol. The monoisotopic (exact) mass is 294 g/mol. The number of hydrogen-bond donors (Lipinski definition) is 1. The van der Waals surface area contributed by atoms with Gasteiger partial charge in [0.05, 0.1) is 0 Å². The second-order valence-corrected chi connectivity index (χ2v) is 6.47. The Kier molecular flexibility index (Phi) is 4.91. The summed E-state index contributed by atoms with van der Waals surface area (Å²) < 4.78 is 0. The van der Waals surface area contributed by atoms with Gasteiger partial charge in [-0.25, -0.2) is 0 Å². The van der Waals surface area contributed by atoms with E-state index in [0.29, 0.717) is 5.92 Å². The van der Waals surface area contributed by atoms with Crippen LogP contribution in [0.2, 0.25) is 0 Å². The van der Waals surface area contributed by atoms with Crippen molar-refractivity contribution in [3.05, 3.63) is 71.3 Å². The number of rotatable bonds is 4. The Morgan fingerprint density at radius 2 is 1.68 bits per heavy atom. The molecule has 1 heterocycles. The fourth-order valence-corrected chi connectivity index (χ4v) is 3.47. The molecule has 22 heavy (non-hydrogen) atoms. The average molecular weight is 294 g/mol. The van der Waals surface area contributed by atoms with Crippen molar-refractivity contribution in [2.24, 2.45) is 5.73 Å². The second-order valence-electron chi connectivity index (χ2n) is 6.47. The molecule has 1 aliphatic heterocycles. The molecule has 1 fully saturated rings. The number of aryl methyl sites for hydroxylation is 1. The van der Waals surface area contributed by atoms with Gasteiger partial charge in [0, 0.05) is 25.7 Å². The van der Waals surface area contributed by atoms with E-state index in [-0.39, 0.29) is 6.04 Å². The van der Waals surface area contributed by atoms with Crippen LogP contribution in [0.3, 0.4) is 0 Å². The number of nitrogens with zero attached hydrogens (tertiary/aromatic N) is 1. The van der Waals surface area contributed by atoms with E-state index in [1.54, 1.807) is 0 Å². The summed E-state index contributed by atoms with van der Waals surface area (Å²) in [6.45, 7) is 5.30. The van der Waals surface area contributed by atoms with Gasteiger partial charge < -0.3 is 5.73 Å². The first-order chi connectivity index (χ1) is 10.7. The molecule has 0 radical (unpaired) electrons. The first kappa shape index (κ1) is 15.3. The zero-order valence-corrected chi connectivity index (χ0v) is 13.4. The third-order valence-electron chi connectivity index (χ3n) is 4.67. The van der Waals surface area contributed by atoms with Gasteiger partial charge in [0.2, 0.25) is 0 Å². The molecular formula is C20H26N2. The molecule has 0 aromatic heterocycles. The van der Waals surface area contributed by atoms with Crippen molar-refractivity contribution in [1.82, 2.24) is 4.90 Å². The van der Waals surface area contributed by atoms with E-state index < -0.39 is 0 Å². The lowest BCUT2D eigenvalue weighted by atomic mass is 9.87. The Bertz CT molecular complexity index is 576. The van der Waals surface area contributed by atoms with Gasteiger partial charge in [-0.15, -0.1) is 0 Å². The standard InChI is InChI=1S/C20H26N2/c1-2-16-8-10-18(11-9-16)19-12-20(21)15-22(14-19)13-17-6-4-3-5-7-17/h3-11,19-20H,2,12-15,21H2,1H3. The van der Waals surface area contributed by atoms with Gasteiger partial charge in [-0.3, -0.25) is 4.90 Å². The number of likely N-dealkylation sites (tertiary alicyclic amines) is 1.